The number of carboxylic acids is 1. The second-order valence-corrected chi connectivity index (χ2v) is 8.30. The molecule has 2 aliphatic carbocycles. The zero-order chi connectivity index (χ0) is 19.7. The van der Waals surface area contributed by atoms with Crippen LogP contribution in [-0.4, -0.2) is 34.8 Å². The van der Waals surface area contributed by atoms with Crippen LogP contribution in [0.15, 0.2) is 17.1 Å². The van der Waals surface area contributed by atoms with E-state index >= 15 is 4.39 Å². The van der Waals surface area contributed by atoms with Crippen molar-refractivity contribution in [1.29, 1.82) is 0 Å². The Balaban J connectivity index is 1.70. The van der Waals surface area contributed by atoms with Crippen LogP contribution in [0.3, 0.4) is 0 Å². The maximum Gasteiger partial charge on any atom is 0.341 e. The van der Waals surface area contributed by atoms with Crippen molar-refractivity contribution in [3.8, 4) is 0 Å². The smallest absolute Gasteiger partial charge is 0.341 e. The number of hydrogen-bond acceptors (Lipinski definition) is 4. The molecule has 3 atom stereocenters. The van der Waals surface area contributed by atoms with Gasteiger partial charge in [0.05, 0.1) is 10.9 Å². The number of nitrogens with two attached hydrogens (primary N) is 1. The molecule has 3 fully saturated rings. The molecule has 3 N–H and O–H groups in total. The third-order valence-corrected chi connectivity index (χ3v) is 6.58. The highest BCUT2D eigenvalue weighted by Gasteiger charge is 2.42. The van der Waals surface area contributed by atoms with E-state index in [0.29, 0.717) is 19.0 Å². The van der Waals surface area contributed by atoms with Crippen molar-refractivity contribution >= 4 is 22.6 Å². The Kier molecular flexibility index (Phi) is 3.78. The standard InChI is InChI=1S/C20H21F2N3O3/c21-14-5-11-17(25(10-2-3-10)8-13(19(11)26)20(27)28)16(22)18(14)24-6-9-1-4-15(23)12(9)7-24/h5,8-10,12,15H,1-4,6-7,23H2,(H,27,28)/t9-,12+,15+/m0/s1. The summed E-state index contributed by atoms with van der Waals surface area (Å²) in [6, 6.07) is 0.972. The Morgan fingerprint density at radius 3 is 2.57 bits per heavy atom. The molecule has 2 saturated carbocycles. The Bertz CT molecular complexity index is 1060. The van der Waals surface area contributed by atoms with E-state index in [1.165, 1.54) is 10.8 Å². The SMILES string of the molecule is N[C@@H]1CC[C@H]2CN(c3c(F)cc4c(=O)c(C(=O)O)cn(C5CC5)c4c3F)C[C@H]21. The number of rotatable bonds is 3. The second-order valence-electron chi connectivity index (χ2n) is 8.30. The molecule has 0 unspecified atom stereocenters. The molecule has 0 bridgehead atoms. The van der Waals surface area contributed by atoms with Crippen LogP contribution in [0.4, 0.5) is 14.5 Å². The molecule has 1 aromatic heterocycles. The number of aromatic carboxylic acids is 1. The minimum Gasteiger partial charge on any atom is -0.477 e. The molecule has 0 spiro atoms. The second kappa shape index (κ2) is 6.01. The molecule has 28 heavy (non-hydrogen) atoms. The number of carbonyl (C=O) groups is 1. The minimum atomic E-state index is -1.40. The van der Waals surface area contributed by atoms with Gasteiger partial charge in [0.2, 0.25) is 5.43 Å². The number of aromatic nitrogens is 1. The minimum absolute atomic E-state index is 0.00439. The molecule has 1 aromatic carbocycles. The number of hydrogen-bond donors (Lipinski definition) is 2. The molecule has 6 nitrogen and oxygen atoms in total. The largest absolute Gasteiger partial charge is 0.477 e. The van der Waals surface area contributed by atoms with Gasteiger partial charge in [-0.25, -0.2) is 13.6 Å². The molecule has 3 aliphatic rings. The highest BCUT2D eigenvalue weighted by atomic mass is 19.1. The number of anilines is 1. The summed E-state index contributed by atoms with van der Waals surface area (Å²) in [6.07, 6.45) is 4.63. The summed E-state index contributed by atoms with van der Waals surface area (Å²) in [5, 5.41) is 9.09. The average Bonchev–Trinajstić information content (AvgIpc) is 3.31. The van der Waals surface area contributed by atoms with E-state index in [0.717, 1.165) is 31.7 Å². The molecule has 5 rings (SSSR count). The summed E-state index contributed by atoms with van der Waals surface area (Å²) >= 11 is 0. The van der Waals surface area contributed by atoms with Gasteiger partial charge in [-0.3, -0.25) is 4.79 Å². The van der Waals surface area contributed by atoms with Crippen LogP contribution in [0.25, 0.3) is 10.9 Å². The van der Waals surface area contributed by atoms with Crippen molar-refractivity contribution in [3.05, 3.63) is 39.7 Å². The van der Waals surface area contributed by atoms with Crippen LogP contribution in [-0.2, 0) is 0 Å². The fourth-order valence-corrected chi connectivity index (χ4v) is 5.00. The first-order valence-electron chi connectivity index (χ1n) is 9.67. The number of nitrogens with zero attached hydrogens (tertiary/aromatic N) is 2. The summed E-state index contributed by atoms with van der Waals surface area (Å²) in [6.45, 7) is 1.03. The van der Waals surface area contributed by atoms with Crippen molar-refractivity contribution in [2.75, 3.05) is 18.0 Å². The van der Waals surface area contributed by atoms with Crippen molar-refractivity contribution < 1.29 is 18.7 Å². The lowest BCUT2D eigenvalue weighted by molar-refractivity contribution is 0.0695. The Morgan fingerprint density at radius 2 is 1.93 bits per heavy atom. The first kappa shape index (κ1) is 17.6. The molecule has 8 heteroatoms. The van der Waals surface area contributed by atoms with Gasteiger partial charge in [-0.05, 0) is 43.6 Å². The molecule has 0 amide bonds. The van der Waals surface area contributed by atoms with E-state index in [9.17, 15) is 19.1 Å². The van der Waals surface area contributed by atoms with Crippen LogP contribution in [0.5, 0.6) is 0 Å². The summed E-state index contributed by atoms with van der Waals surface area (Å²) in [4.78, 5) is 25.7. The van der Waals surface area contributed by atoms with Gasteiger partial charge in [-0.2, -0.15) is 0 Å². The van der Waals surface area contributed by atoms with Crippen molar-refractivity contribution in [2.45, 2.75) is 37.8 Å². The lowest BCUT2D eigenvalue weighted by atomic mass is 9.98. The van der Waals surface area contributed by atoms with Gasteiger partial charge in [0.25, 0.3) is 0 Å². The molecule has 148 valence electrons. The van der Waals surface area contributed by atoms with Crippen molar-refractivity contribution in [1.82, 2.24) is 4.57 Å². The van der Waals surface area contributed by atoms with Crippen LogP contribution < -0.4 is 16.1 Å². The number of halogens is 2. The maximum atomic E-state index is 15.6. The summed E-state index contributed by atoms with van der Waals surface area (Å²) in [7, 11) is 0. The van der Waals surface area contributed by atoms with Crippen LogP contribution >= 0.6 is 0 Å². The molecular weight excluding hydrogens is 368 g/mol. The van der Waals surface area contributed by atoms with Gasteiger partial charge >= 0.3 is 5.97 Å². The van der Waals surface area contributed by atoms with E-state index in [1.807, 2.05) is 0 Å². The molecule has 2 aromatic rings. The van der Waals surface area contributed by atoms with Gasteiger partial charge in [0.15, 0.2) is 5.82 Å². The zero-order valence-electron chi connectivity index (χ0n) is 15.2. The highest BCUT2D eigenvalue weighted by molar-refractivity contribution is 5.94. The van der Waals surface area contributed by atoms with Gasteiger partial charge in [-0.1, -0.05) is 0 Å². The average molecular weight is 389 g/mol. The number of carboxylic acid groups (broad SMARTS) is 1. The summed E-state index contributed by atoms with van der Waals surface area (Å²) in [5.74, 6) is -2.48. The molecule has 1 saturated heterocycles. The molecule has 1 aliphatic heterocycles. The fourth-order valence-electron chi connectivity index (χ4n) is 5.00. The predicted molar refractivity (Wildman–Crippen MR) is 99.8 cm³/mol. The van der Waals surface area contributed by atoms with E-state index < -0.39 is 28.6 Å². The molecular formula is C20H21F2N3O3. The topological polar surface area (TPSA) is 88.6 Å². The van der Waals surface area contributed by atoms with Crippen LogP contribution in [0, 0.1) is 23.5 Å². The van der Waals surface area contributed by atoms with E-state index in [4.69, 9.17) is 5.73 Å². The normalized spacial score (nSPS) is 26.8. The first-order valence-corrected chi connectivity index (χ1v) is 9.67. The zero-order valence-corrected chi connectivity index (χ0v) is 15.2. The third-order valence-electron chi connectivity index (χ3n) is 6.58. The van der Waals surface area contributed by atoms with Gasteiger partial charge in [0, 0.05) is 31.4 Å². The molecule has 0 radical (unpaired) electrons. The Labute approximate surface area is 159 Å². The lowest BCUT2D eigenvalue weighted by Crippen LogP contribution is -2.31. The van der Waals surface area contributed by atoms with Gasteiger partial charge in [0.1, 0.15) is 17.1 Å². The van der Waals surface area contributed by atoms with Crippen LogP contribution in [0.1, 0.15) is 42.1 Å². The van der Waals surface area contributed by atoms with Crippen molar-refractivity contribution in [3.63, 3.8) is 0 Å². The quantitative estimate of drug-likeness (QED) is 0.842. The monoisotopic (exact) mass is 389 g/mol. The Morgan fingerprint density at radius 1 is 1.18 bits per heavy atom. The Hall–Kier alpha value is -2.48. The molecule has 2 heterocycles. The number of pyridine rings is 1. The van der Waals surface area contributed by atoms with Crippen molar-refractivity contribution in [2.24, 2.45) is 17.6 Å². The van der Waals surface area contributed by atoms with E-state index in [2.05, 4.69) is 0 Å². The van der Waals surface area contributed by atoms with Gasteiger partial charge < -0.3 is 20.3 Å². The number of benzene rings is 1. The highest BCUT2D eigenvalue weighted by Crippen LogP contribution is 2.43. The third kappa shape index (κ3) is 2.47. The van der Waals surface area contributed by atoms with Crippen LogP contribution in [0.2, 0.25) is 0 Å². The van der Waals surface area contributed by atoms with Gasteiger partial charge in [-0.15, -0.1) is 0 Å². The van der Waals surface area contributed by atoms with E-state index in [-0.39, 0.29) is 34.6 Å². The first-order chi connectivity index (χ1) is 13.4. The number of fused-ring (bicyclic) bond motifs is 2. The summed E-state index contributed by atoms with van der Waals surface area (Å²) in [5.41, 5.74) is 4.69. The maximum absolute atomic E-state index is 15.6. The predicted octanol–water partition coefficient (Wildman–Crippen LogP) is 2.49. The van der Waals surface area contributed by atoms with E-state index in [1.54, 1.807) is 4.90 Å². The summed E-state index contributed by atoms with van der Waals surface area (Å²) < 4.78 is 32.1. The fraction of sp³-hybridized carbons (Fsp3) is 0.500. The lowest BCUT2D eigenvalue weighted by Gasteiger charge is -2.24.